The summed E-state index contributed by atoms with van der Waals surface area (Å²) in [6, 6.07) is 0. The van der Waals surface area contributed by atoms with Crippen LogP contribution in [-0.4, -0.2) is 13.1 Å². The standard InChI is InChI=1S/C7H15N.2CH4/c1-2-4-6-8-7-5-3-1;;/h8H,1-7H2;2*1H4. The predicted octanol–water partition coefficient (Wildman–Crippen LogP) is 2.81. The molecule has 1 nitrogen and oxygen atoms in total. The van der Waals surface area contributed by atoms with Crippen LogP contribution in [0.5, 0.6) is 0 Å². The monoisotopic (exact) mass is 145 g/mol. The largest absolute Gasteiger partial charge is 0.317 e. The van der Waals surface area contributed by atoms with Crippen LogP contribution in [0.1, 0.15) is 47.0 Å². The first-order valence-corrected chi connectivity index (χ1v) is 3.71. The van der Waals surface area contributed by atoms with E-state index in [9.17, 15) is 0 Å². The Morgan fingerprint density at radius 1 is 0.600 bits per heavy atom. The van der Waals surface area contributed by atoms with Gasteiger partial charge in [0.25, 0.3) is 0 Å². The Kier molecular flexibility index (Phi) is 11.3. The van der Waals surface area contributed by atoms with E-state index >= 15 is 0 Å². The average Bonchev–Trinajstić information content (AvgIpc) is 1.62. The van der Waals surface area contributed by atoms with Crippen molar-refractivity contribution in [3.8, 4) is 0 Å². The van der Waals surface area contributed by atoms with Crippen LogP contribution in [0.3, 0.4) is 0 Å². The van der Waals surface area contributed by atoms with E-state index in [-0.39, 0.29) is 14.9 Å². The van der Waals surface area contributed by atoms with Gasteiger partial charge < -0.3 is 5.32 Å². The topological polar surface area (TPSA) is 12.0 Å². The van der Waals surface area contributed by atoms with Crippen molar-refractivity contribution in [3.05, 3.63) is 0 Å². The van der Waals surface area contributed by atoms with E-state index in [2.05, 4.69) is 5.32 Å². The Bertz CT molecular complexity index is 28.7. The molecule has 0 aromatic rings. The molecule has 1 rings (SSSR count). The summed E-state index contributed by atoms with van der Waals surface area (Å²) in [4.78, 5) is 0. The molecular weight excluding hydrogens is 122 g/mol. The smallest absolute Gasteiger partial charge is 0.00489 e. The second-order valence-electron chi connectivity index (χ2n) is 2.52. The molecule has 0 spiro atoms. The Morgan fingerprint density at radius 3 is 1.50 bits per heavy atom. The van der Waals surface area contributed by atoms with E-state index in [1.807, 2.05) is 0 Å². The summed E-state index contributed by atoms with van der Waals surface area (Å²) < 4.78 is 0. The van der Waals surface area contributed by atoms with E-state index in [4.69, 9.17) is 0 Å². The first kappa shape index (κ1) is 12.6. The third-order valence-electron chi connectivity index (χ3n) is 1.71. The van der Waals surface area contributed by atoms with Crippen LogP contribution >= 0.6 is 0 Å². The lowest BCUT2D eigenvalue weighted by molar-refractivity contribution is 0.516. The lowest BCUT2D eigenvalue weighted by Gasteiger charge is -2.08. The molecule has 0 amide bonds. The van der Waals surface area contributed by atoms with Gasteiger partial charge >= 0.3 is 0 Å². The van der Waals surface area contributed by atoms with Gasteiger partial charge in [-0.3, -0.25) is 0 Å². The number of rotatable bonds is 0. The van der Waals surface area contributed by atoms with E-state index in [0.29, 0.717) is 0 Å². The SMILES string of the molecule is C.C.C1CCCNCCC1. The highest BCUT2D eigenvalue weighted by Gasteiger charge is 1.94. The van der Waals surface area contributed by atoms with Crippen LogP contribution in [0.25, 0.3) is 0 Å². The quantitative estimate of drug-likeness (QED) is 0.552. The zero-order valence-corrected chi connectivity index (χ0v) is 5.45. The minimum atomic E-state index is 0. The summed E-state index contributed by atoms with van der Waals surface area (Å²) >= 11 is 0. The Labute approximate surface area is 66.2 Å². The van der Waals surface area contributed by atoms with Crippen LogP contribution in [0, 0.1) is 0 Å². The Hall–Kier alpha value is -0.0400. The van der Waals surface area contributed by atoms with Crippen molar-refractivity contribution in [3.63, 3.8) is 0 Å². The fraction of sp³-hybridized carbons (Fsp3) is 1.00. The van der Waals surface area contributed by atoms with Crippen molar-refractivity contribution in [1.29, 1.82) is 0 Å². The fourth-order valence-electron chi connectivity index (χ4n) is 1.16. The van der Waals surface area contributed by atoms with Crippen LogP contribution in [0.2, 0.25) is 0 Å². The normalized spacial score (nSPS) is 19.2. The van der Waals surface area contributed by atoms with Gasteiger partial charge in [-0.25, -0.2) is 0 Å². The van der Waals surface area contributed by atoms with Gasteiger partial charge in [-0.2, -0.15) is 0 Å². The van der Waals surface area contributed by atoms with Gasteiger partial charge in [-0.15, -0.1) is 0 Å². The van der Waals surface area contributed by atoms with Crippen molar-refractivity contribution >= 4 is 0 Å². The summed E-state index contributed by atoms with van der Waals surface area (Å²) in [6.45, 7) is 2.50. The molecule has 0 bridgehead atoms. The first-order valence-electron chi connectivity index (χ1n) is 3.71. The molecule has 1 heterocycles. The molecule has 1 aliphatic heterocycles. The predicted molar refractivity (Wildman–Crippen MR) is 49.4 cm³/mol. The summed E-state index contributed by atoms with van der Waals surface area (Å²) in [5.74, 6) is 0. The van der Waals surface area contributed by atoms with Gasteiger partial charge in [0.2, 0.25) is 0 Å². The van der Waals surface area contributed by atoms with Crippen molar-refractivity contribution in [2.45, 2.75) is 47.0 Å². The van der Waals surface area contributed by atoms with Crippen LogP contribution in [0.15, 0.2) is 0 Å². The zero-order valence-electron chi connectivity index (χ0n) is 5.45. The fourth-order valence-corrected chi connectivity index (χ4v) is 1.16. The molecule has 64 valence electrons. The lowest BCUT2D eigenvalue weighted by atomic mass is 10.1. The Balaban J connectivity index is 0. The molecule has 1 saturated heterocycles. The molecule has 1 N–H and O–H groups in total. The summed E-state index contributed by atoms with van der Waals surface area (Å²) in [5.41, 5.74) is 0. The second kappa shape index (κ2) is 8.96. The van der Waals surface area contributed by atoms with Crippen molar-refractivity contribution in [2.75, 3.05) is 13.1 Å². The van der Waals surface area contributed by atoms with Crippen LogP contribution in [0.4, 0.5) is 0 Å². The average molecular weight is 145 g/mol. The molecule has 0 saturated carbocycles. The molecule has 0 radical (unpaired) electrons. The number of hydrogen-bond acceptors (Lipinski definition) is 1. The van der Waals surface area contributed by atoms with Crippen LogP contribution in [-0.2, 0) is 0 Å². The van der Waals surface area contributed by atoms with E-state index in [0.717, 1.165) is 0 Å². The Morgan fingerprint density at radius 2 is 1.00 bits per heavy atom. The van der Waals surface area contributed by atoms with Gasteiger partial charge in [0, 0.05) is 0 Å². The highest BCUT2D eigenvalue weighted by molar-refractivity contribution is 4.54. The van der Waals surface area contributed by atoms with Gasteiger partial charge in [-0.05, 0) is 25.9 Å². The maximum Gasteiger partial charge on any atom is -0.00489 e. The first-order chi connectivity index (χ1) is 4.00. The van der Waals surface area contributed by atoms with E-state index < -0.39 is 0 Å². The minimum Gasteiger partial charge on any atom is -0.317 e. The number of hydrogen-bond donors (Lipinski definition) is 1. The van der Waals surface area contributed by atoms with Gasteiger partial charge in [0.15, 0.2) is 0 Å². The van der Waals surface area contributed by atoms with Gasteiger partial charge in [0.1, 0.15) is 0 Å². The zero-order chi connectivity index (χ0) is 5.66. The molecule has 1 heteroatoms. The molecule has 0 aromatic carbocycles. The van der Waals surface area contributed by atoms with E-state index in [1.165, 1.54) is 45.2 Å². The summed E-state index contributed by atoms with van der Waals surface area (Å²) in [6.07, 6.45) is 7.11. The number of nitrogens with one attached hydrogen (secondary N) is 1. The maximum absolute atomic E-state index is 3.39. The highest BCUT2D eigenvalue weighted by atomic mass is 14.8. The lowest BCUT2D eigenvalue weighted by Crippen LogP contribution is -2.18. The van der Waals surface area contributed by atoms with E-state index in [1.54, 1.807) is 0 Å². The molecule has 0 aromatic heterocycles. The third-order valence-corrected chi connectivity index (χ3v) is 1.71. The molecule has 10 heavy (non-hydrogen) atoms. The molecule has 0 aliphatic carbocycles. The minimum absolute atomic E-state index is 0. The molecule has 0 unspecified atom stereocenters. The molecular formula is C9H23N. The van der Waals surface area contributed by atoms with Gasteiger partial charge in [0.05, 0.1) is 0 Å². The maximum atomic E-state index is 3.39. The van der Waals surface area contributed by atoms with Crippen molar-refractivity contribution in [1.82, 2.24) is 5.32 Å². The molecule has 1 fully saturated rings. The van der Waals surface area contributed by atoms with Gasteiger partial charge in [-0.1, -0.05) is 34.1 Å². The highest BCUT2D eigenvalue weighted by Crippen LogP contribution is 2.03. The summed E-state index contributed by atoms with van der Waals surface area (Å²) in [5, 5.41) is 3.39. The second-order valence-corrected chi connectivity index (χ2v) is 2.52. The summed E-state index contributed by atoms with van der Waals surface area (Å²) in [7, 11) is 0. The third kappa shape index (κ3) is 6.09. The van der Waals surface area contributed by atoms with Crippen molar-refractivity contribution < 1.29 is 0 Å². The van der Waals surface area contributed by atoms with Crippen LogP contribution < -0.4 is 5.32 Å². The molecule has 1 aliphatic rings. The molecule has 0 atom stereocenters. The van der Waals surface area contributed by atoms with Crippen molar-refractivity contribution in [2.24, 2.45) is 0 Å².